The van der Waals surface area contributed by atoms with Crippen molar-refractivity contribution < 1.29 is 0 Å². The van der Waals surface area contributed by atoms with Crippen LogP contribution in [0.25, 0.3) is 9.65 Å². The van der Waals surface area contributed by atoms with Gasteiger partial charge in [0.15, 0.2) is 0 Å². The molecule has 0 aliphatic carbocycles. The molecule has 0 atom stereocenters. The minimum atomic E-state index is 0.137. The van der Waals surface area contributed by atoms with E-state index in [1.165, 1.54) is 9.82 Å². The van der Waals surface area contributed by atoms with Crippen LogP contribution in [0, 0.1) is 6.92 Å². The molecule has 4 heteroatoms. The number of benzene rings is 1. The van der Waals surface area contributed by atoms with E-state index in [4.69, 9.17) is 5.73 Å². The van der Waals surface area contributed by atoms with E-state index in [9.17, 15) is 4.79 Å². The van der Waals surface area contributed by atoms with Crippen LogP contribution < -0.4 is 11.3 Å². The first-order valence-electron chi connectivity index (χ1n) is 4.53. The molecule has 0 radical (unpaired) electrons. The van der Waals surface area contributed by atoms with Gasteiger partial charge in [-0.25, -0.2) is 0 Å². The van der Waals surface area contributed by atoms with Crippen LogP contribution in [0.4, 0.5) is 0 Å². The topological polar surface area (TPSA) is 48.0 Å². The molecular formula is C10H12N2OSe. The molecule has 2 rings (SSSR count). The van der Waals surface area contributed by atoms with Crippen LogP contribution in [0.2, 0.25) is 0 Å². The summed E-state index contributed by atoms with van der Waals surface area (Å²) in [5.41, 5.74) is 6.81. The van der Waals surface area contributed by atoms with Crippen molar-refractivity contribution in [3.05, 3.63) is 34.1 Å². The second-order valence-electron chi connectivity index (χ2n) is 3.29. The molecule has 0 amide bonds. The Morgan fingerprint density at radius 2 is 2.29 bits per heavy atom. The van der Waals surface area contributed by atoms with Gasteiger partial charge >= 0.3 is 87.8 Å². The maximum atomic E-state index is 11.8. The van der Waals surface area contributed by atoms with Gasteiger partial charge in [0, 0.05) is 0 Å². The van der Waals surface area contributed by atoms with Gasteiger partial charge in [0.1, 0.15) is 0 Å². The van der Waals surface area contributed by atoms with E-state index in [1.807, 2.05) is 22.6 Å². The molecule has 0 aliphatic heterocycles. The van der Waals surface area contributed by atoms with E-state index in [0.717, 1.165) is 5.39 Å². The van der Waals surface area contributed by atoms with E-state index in [0.29, 0.717) is 13.1 Å². The fourth-order valence-electron chi connectivity index (χ4n) is 1.44. The third-order valence-electron chi connectivity index (χ3n) is 2.13. The summed E-state index contributed by atoms with van der Waals surface area (Å²) in [7, 11) is 0. The molecule has 0 spiro atoms. The molecule has 74 valence electrons. The van der Waals surface area contributed by atoms with Gasteiger partial charge in [-0.1, -0.05) is 0 Å². The molecule has 0 bridgehead atoms. The molecule has 3 nitrogen and oxygen atoms in total. The van der Waals surface area contributed by atoms with Crippen LogP contribution >= 0.6 is 0 Å². The van der Waals surface area contributed by atoms with Crippen molar-refractivity contribution in [2.75, 3.05) is 6.54 Å². The van der Waals surface area contributed by atoms with Crippen molar-refractivity contribution in [1.82, 2.24) is 3.56 Å². The SMILES string of the molecule is Cc1ccc2c(=O)n(CCN)[se]c2c1. The molecule has 14 heavy (non-hydrogen) atoms. The van der Waals surface area contributed by atoms with Crippen molar-refractivity contribution in [2.45, 2.75) is 13.5 Å². The molecule has 1 aromatic carbocycles. The van der Waals surface area contributed by atoms with Crippen molar-refractivity contribution in [3.8, 4) is 0 Å². The normalized spacial score (nSPS) is 11.0. The second-order valence-corrected chi connectivity index (χ2v) is 5.52. The zero-order chi connectivity index (χ0) is 10.1. The van der Waals surface area contributed by atoms with Crippen LogP contribution in [-0.4, -0.2) is 24.8 Å². The number of nitrogens with two attached hydrogens (primary N) is 1. The average Bonchev–Trinajstić information content (AvgIpc) is 2.44. The molecule has 2 aromatic rings. The fraction of sp³-hybridized carbons (Fsp3) is 0.300. The molecule has 0 saturated carbocycles. The van der Waals surface area contributed by atoms with E-state index in [1.54, 1.807) is 0 Å². The van der Waals surface area contributed by atoms with Crippen molar-refractivity contribution >= 4 is 24.4 Å². The molecule has 0 saturated heterocycles. The van der Waals surface area contributed by atoms with Crippen LogP contribution in [-0.2, 0) is 6.54 Å². The Kier molecular flexibility index (Phi) is 2.59. The molecule has 2 N–H and O–H groups in total. The molecule has 0 aliphatic rings. The van der Waals surface area contributed by atoms with Crippen LogP contribution in [0.5, 0.6) is 0 Å². The summed E-state index contributed by atoms with van der Waals surface area (Å²) in [6, 6.07) is 6.01. The van der Waals surface area contributed by atoms with E-state index < -0.39 is 0 Å². The molecule has 1 heterocycles. The number of hydrogen-bond donors (Lipinski definition) is 1. The summed E-state index contributed by atoms with van der Waals surface area (Å²) < 4.78 is 3.05. The van der Waals surface area contributed by atoms with Gasteiger partial charge in [-0.2, -0.15) is 0 Å². The standard InChI is InChI=1S/C10H12N2OSe/c1-7-2-3-8-9(6-7)14-12(5-4-11)10(8)13/h2-3,6H,4-5,11H2,1H3. The van der Waals surface area contributed by atoms with Gasteiger partial charge in [-0.05, 0) is 0 Å². The Labute approximate surface area is 88.1 Å². The monoisotopic (exact) mass is 256 g/mol. The first kappa shape index (κ1) is 9.71. The minimum absolute atomic E-state index is 0.137. The van der Waals surface area contributed by atoms with Gasteiger partial charge in [0.05, 0.1) is 0 Å². The van der Waals surface area contributed by atoms with Gasteiger partial charge in [0.2, 0.25) is 0 Å². The Morgan fingerprint density at radius 3 is 3.00 bits per heavy atom. The summed E-state index contributed by atoms with van der Waals surface area (Å²) in [5, 5.41) is 0.865. The second kappa shape index (κ2) is 3.73. The predicted octanol–water partition coefficient (Wildman–Crippen LogP) is 0.326. The number of hydrogen-bond acceptors (Lipinski definition) is 2. The predicted molar refractivity (Wildman–Crippen MR) is 58.9 cm³/mol. The zero-order valence-electron chi connectivity index (χ0n) is 7.99. The van der Waals surface area contributed by atoms with Crippen molar-refractivity contribution in [2.24, 2.45) is 5.73 Å². The van der Waals surface area contributed by atoms with Gasteiger partial charge in [-0.15, -0.1) is 0 Å². The van der Waals surface area contributed by atoms with Gasteiger partial charge in [-0.3, -0.25) is 0 Å². The number of aryl methyl sites for hydroxylation is 1. The quantitative estimate of drug-likeness (QED) is 0.786. The maximum absolute atomic E-state index is 11.8. The summed E-state index contributed by atoms with van der Waals surface area (Å²) in [6.07, 6.45) is 0. The Morgan fingerprint density at radius 1 is 1.50 bits per heavy atom. The van der Waals surface area contributed by atoms with Crippen LogP contribution in [0.1, 0.15) is 5.56 Å². The van der Waals surface area contributed by atoms with Gasteiger partial charge < -0.3 is 0 Å². The number of aromatic nitrogens is 1. The summed E-state index contributed by atoms with van der Waals surface area (Å²) in [5.74, 6) is 0. The average molecular weight is 255 g/mol. The van der Waals surface area contributed by atoms with Crippen molar-refractivity contribution in [1.29, 1.82) is 0 Å². The number of rotatable bonds is 2. The third-order valence-corrected chi connectivity index (χ3v) is 4.45. The molecular weight excluding hydrogens is 243 g/mol. The Hall–Kier alpha value is -0.831. The van der Waals surface area contributed by atoms with E-state index in [2.05, 4.69) is 6.07 Å². The Bertz CT molecular complexity index is 512. The summed E-state index contributed by atoms with van der Waals surface area (Å²) >= 11 is 0.137. The Balaban J connectivity index is 2.67. The summed E-state index contributed by atoms with van der Waals surface area (Å²) in [6.45, 7) is 3.26. The van der Waals surface area contributed by atoms with Gasteiger partial charge in [0.25, 0.3) is 0 Å². The zero-order valence-corrected chi connectivity index (χ0v) is 9.70. The molecule has 1 aromatic heterocycles. The van der Waals surface area contributed by atoms with E-state index in [-0.39, 0.29) is 20.3 Å². The summed E-state index contributed by atoms with van der Waals surface area (Å²) in [4.78, 5) is 11.8. The number of nitrogens with zero attached hydrogens (tertiary/aromatic N) is 1. The molecule has 0 unspecified atom stereocenters. The third kappa shape index (κ3) is 1.56. The first-order valence-corrected chi connectivity index (χ1v) is 6.15. The van der Waals surface area contributed by atoms with Crippen LogP contribution in [0.3, 0.4) is 0 Å². The number of fused-ring (bicyclic) bond motifs is 1. The fourth-order valence-corrected chi connectivity index (χ4v) is 3.76. The van der Waals surface area contributed by atoms with E-state index >= 15 is 0 Å². The van der Waals surface area contributed by atoms with Crippen LogP contribution in [0.15, 0.2) is 23.0 Å². The van der Waals surface area contributed by atoms with Crippen molar-refractivity contribution in [3.63, 3.8) is 0 Å². The first-order chi connectivity index (χ1) is 6.72. The molecule has 0 fully saturated rings.